The molecule has 4 aromatic rings. The van der Waals surface area contributed by atoms with Crippen molar-refractivity contribution in [1.82, 2.24) is 0 Å². The molecule has 0 saturated carbocycles. The van der Waals surface area contributed by atoms with Gasteiger partial charge in [0.15, 0.2) is 0 Å². The highest BCUT2D eigenvalue weighted by Crippen LogP contribution is 2.33. The lowest BCUT2D eigenvalue weighted by molar-refractivity contribution is -0.114. The monoisotopic (exact) mass is 637 g/mol. The van der Waals surface area contributed by atoms with Gasteiger partial charge in [0.05, 0.1) is 26.2 Å². The van der Waals surface area contributed by atoms with Crippen molar-refractivity contribution >= 4 is 77.8 Å². The SMILES string of the molecule is Cc1ccc(Cl)cc1NS(=O)(=O)c1ccc(NC(=O)CN(c2cc(Cl)ccc2Cl)S(=O)(=O)c2ccccc2)cc1. The van der Waals surface area contributed by atoms with Gasteiger partial charge in [0.2, 0.25) is 5.91 Å². The summed E-state index contributed by atoms with van der Waals surface area (Å²) >= 11 is 18.4. The zero-order valence-corrected chi connectivity index (χ0v) is 24.7. The highest BCUT2D eigenvalue weighted by molar-refractivity contribution is 7.93. The van der Waals surface area contributed by atoms with E-state index in [1.807, 2.05) is 0 Å². The normalized spacial score (nSPS) is 11.6. The summed E-state index contributed by atoms with van der Waals surface area (Å²) in [6, 6.07) is 22.1. The minimum Gasteiger partial charge on any atom is -0.325 e. The van der Waals surface area contributed by atoms with Gasteiger partial charge in [-0.05, 0) is 79.2 Å². The molecule has 4 aromatic carbocycles. The first-order valence-electron chi connectivity index (χ1n) is 11.6. The maximum atomic E-state index is 13.5. The fraction of sp³-hybridized carbons (Fsp3) is 0.0741. The van der Waals surface area contributed by atoms with Crippen LogP contribution in [-0.2, 0) is 24.8 Å². The standard InChI is InChI=1S/C27H22Cl3N3O5S2/c1-18-7-8-19(28)15-25(18)32-39(35,36)22-12-10-21(11-13-22)31-27(34)17-33(26-16-20(29)9-14-24(26)30)40(37,38)23-5-3-2-4-6-23/h2-16,32H,17H2,1H3,(H,31,34). The fourth-order valence-corrected chi connectivity index (χ4v) is 6.84. The Morgan fingerprint density at radius 3 is 2.08 bits per heavy atom. The van der Waals surface area contributed by atoms with Crippen molar-refractivity contribution in [3.63, 3.8) is 0 Å². The van der Waals surface area contributed by atoms with Gasteiger partial charge in [0, 0.05) is 15.7 Å². The number of amides is 1. The van der Waals surface area contributed by atoms with Gasteiger partial charge in [-0.2, -0.15) is 0 Å². The highest BCUT2D eigenvalue weighted by Gasteiger charge is 2.29. The summed E-state index contributed by atoms with van der Waals surface area (Å²) in [5, 5.41) is 3.28. The Hall–Kier alpha value is -3.28. The van der Waals surface area contributed by atoms with Crippen molar-refractivity contribution < 1.29 is 21.6 Å². The molecule has 208 valence electrons. The second-order valence-corrected chi connectivity index (χ2v) is 13.4. The van der Waals surface area contributed by atoms with E-state index in [-0.39, 0.29) is 31.2 Å². The van der Waals surface area contributed by atoms with Crippen LogP contribution >= 0.6 is 34.8 Å². The van der Waals surface area contributed by atoms with E-state index in [2.05, 4.69) is 10.0 Å². The van der Waals surface area contributed by atoms with Crippen LogP contribution in [-0.4, -0.2) is 29.3 Å². The van der Waals surface area contributed by atoms with Crippen molar-refractivity contribution in [2.24, 2.45) is 0 Å². The molecular weight excluding hydrogens is 617 g/mol. The Bertz CT molecular complexity index is 1770. The van der Waals surface area contributed by atoms with Crippen molar-refractivity contribution in [3.05, 3.63) is 112 Å². The van der Waals surface area contributed by atoms with Crippen LogP contribution in [0.4, 0.5) is 17.1 Å². The van der Waals surface area contributed by atoms with Crippen molar-refractivity contribution in [3.8, 4) is 0 Å². The van der Waals surface area contributed by atoms with E-state index in [0.717, 1.165) is 4.31 Å². The number of rotatable bonds is 9. The number of nitrogens with one attached hydrogen (secondary N) is 2. The first kappa shape index (κ1) is 29.7. The number of hydrogen-bond donors (Lipinski definition) is 2. The average Bonchev–Trinajstić information content (AvgIpc) is 2.91. The molecule has 0 spiro atoms. The number of benzene rings is 4. The Labute approximate surface area is 247 Å². The minimum atomic E-state index is -4.21. The maximum Gasteiger partial charge on any atom is 0.264 e. The lowest BCUT2D eigenvalue weighted by Gasteiger charge is -2.25. The summed E-state index contributed by atoms with van der Waals surface area (Å²) in [6.45, 7) is 1.11. The Balaban J connectivity index is 1.56. The molecule has 0 atom stereocenters. The molecule has 40 heavy (non-hydrogen) atoms. The van der Waals surface area contributed by atoms with Gasteiger partial charge in [-0.25, -0.2) is 16.8 Å². The van der Waals surface area contributed by atoms with Gasteiger partial charge in [0.1, 0.15) is 6.54 Å². The first-order chi connectivity index (χ1) is 18.9. The van der Waals surface area contributed by atoms with Crippen LogP contribution in [0.1, 0.15) is 5.56 Å². The van der Waals surface area contributed by atoms with Crippen molar-refractivity contribution in [1.29, 1.82) is 0 Å². The summed E-state index contributed by atoms with van der Waals surface area (Å²) in [4.78, 5) is 12.9. The summed E-state index contributed by atoms with van der Waals surface area (Å²) in [7, 11) is -8.16. The van der Waals surface area contributed by atoms with Crippen LogP contribution in [0.5, 0.6) is 0 Å². The predicted molar refractivity (Wildman–Crippen MR) is 160 cm³/mol. The molecule has 4 rings (SSSR count). The molecule has 0 aromatic heterocycles. The molecule has 0 fully saturated rings. The second-order valence-electron chi connectivity index (χ2n) is 8.56. The van der Waals surface area contributed by atoms with Crippen LogP contribution in [0.2, 0.25) is 15.1 Å². The van der Waals surface area contributed by atoms with E-state index >= 15 is 0 Å². The maximum absolute atomic E-state index is 13.5. The van der Waals surface area contributed by atoms with Crippen molar-refractivity contribution in [2.75, 3.05) is 20.9 Å². The van der Waals surface area contributed by atoms with Gasteiger partial charge >= 0.3 is 0 Å². The zero-order chi connectivity index (χ0) is 29.1. The fourth-order valence-electron chi connectivity index (χ4n) is 3.65. The first-order valence-corrected chi connectivity index (χ1v) is 15.6. The van der Waals surface area contributed by atoms with E-state index in [4.69, 9.17) is 34.8 Å². The van der Waals surface area contributed by atoms with Crippen LogP contribution < -0.4 is 14.3 Å². The number of hydrogen-bond acceptors (Lipinski definition) is 5. The summed E-state index contributed by atoms with van der Waals surface area (Å²) in [5.41, 5.74) is 1.30. The lowest BCUT2D eigenvalue weighted by Crippen LogP contribution is -2.38. The third kappa shape index (κ3) is 6.89. The predicted octanol–water partition coefficient (Wildman–Crippen LogP) is 6.59. The number of sulfonamides is 2. The van der Waals surface area contributed by atoms with E-state index in [9.17, 15) is 21.6 Å². The summed E-state index contributed by atoms with van der Waals surface area (Å²) in [6.07, 6.45) is 0. The molecule has 0 unspecified atom stereocenters. The third-order valence-electron chi connectivity index (χ3n) is 5.69. The molecule has 0 radical (unpaired) electrons. The zero-order valence-electron chi connectivity index (χ0n) is 20.8. The van der Waals surface area contributed by atoms with Gasteiger partial charge in [-0.1, -0.05) is 59.1 Å². The number of anilines is 3. The summed E-state index contributed by atoms with van der Waals surface area (Å²) < 4.78 is 56.1. The molecule has 1 amide bonds. The summed E-state index contributed by atoms with van der Waals surface area (Å²) in [5.74, 6) is -0.696. The smallest absolute Gasteiger partial charge is 0.264 e. The van der Waals surface area contributed by atoms with Crippen LogP contribution in [0.3, 0.4) is 0 Å². The van der Waals surface area contributed by atoms with E-state index in [1.54, 1.807) is 37.3 Å². The molecule has 0 aliphatic heterocycles. The van der Waals surface area contributed by atoms with Gasteiger partial charge in [-0.15, -0.1) is 0 Å². The van der Waals surface area contributed by atoms with Crippen LogP contribution in [0.25, 0.3) is 0 Å². The number of aryl methyl sites for hydroxylation is 1. The van der Waals surface area contributed by atoms with Gasteiger partial charge in [0.25, 0.3) is 20.0 Å². The Kier molecular flexibility index (Phi) is 8.96. The number of carbonyl (C=O) groups excluding carboxylic acids is 1. The molecule has 13 heteroatoms. The average molecular weight is 639 g/mol. The Morgan fingerprint density at radius 2 is 1.40 bits per heavy atom. The minimum absolute atomic E-state index is 0.0250. The van der Waals surface area contributed by atoms with Gasteiger partial charge < -0.3 is 5.32 Å². The lowest BCUT2D eigenvalue weighted by atomic mass is 10.2. The van der Waals surface area contributed by atoms with Crippen molar-refractivity contribution in [2.45, 2.75) is 16.7 Å². The molecular formula is C27H22Cl3N3O5S2. The number of carbonyl (C=O) groups is 1. The number of nitrogens with zero attached hydrogens (tertiary/aromatic N) is 1. The Morgan fingerprint density at radius 1 is 0.775 bits per heavy atom. The largest absolute Gasteiger partial charge is 0.325 e. The molecule has 0 heterocycles. The topological polar surface area (TPSA) is 113 Å². The molecule has 0 aliphatic carbocycles. The molecule has 0 bridgehead atoms. The van der Waals surface area contributed by atoms with E-state index in [1.165, 1.54) is 60.7 Å². The van der Waals surface area contributed by atoms with E-state index in [0.29, 0.717) is 16.3 Å². The second kappa shape index (κ2) is 12.1. The highest BCUT2D eigenvalue weighted by atomic mass is 35.5. The quantitative estimate of drug-likeness (QED) is 0.215. The third-order valence-corrected chi connectivity index (χ3v) is 9.63. The van der Waals surface area contributed by atoms with Gasteiger partial charge in [-0.3, -0.25) is 13.8 Å². The molecule has 0 saturated heterocycles. The molecule has 2 N–H and O–H groups in total. The number of halogens is 3. The molecule has 8 nitrogen and oxygen atoms in total. The van der Waals surface area contributed by atoms with E-state index < -0.39 is 32.5 Å². The molecule has 0 aliphatic rings. The van der Waals surface area contributed by atoms with Crippen LogP contribution in [0.15, 0.2) is 101 Å². The van der Waals surface area contributed by atoms with Crippen LogP contribution in [0, 0.1) is 6.92 Å².